The number of ether oxygens (including phenoxy) is 1. The minimum absolute atomic E-state index is 0.167. The van der Waals surface area contributed by atoms with Crippen molar-refractivity contribution in [1.82, 2.24) is 5.32 Å². The first-order valence-corrected chi connectivity index (χ1v) is 7.42. The lowest BCUT2D eigenvalue weighted by Gasteiger charge is -2.26. The summed E-state index contributed by atoms with van der Waals surface area (Å²) in [5.41, 5.74) is 3.52. The summed E-state index contributed by atoms with van der Waals surface area (Å²) in [6.45, 7) is 9.24. The van der Waals surface area contributed by atoms with Crippen LogP contribution in [0.15, 0.2) is 12.1 Å². The van der Waals surface area contributed by atoms with Crippen molar-refractivity contribution in [1.29, 1.82) is 0 Å². The van der Waals surface area contributed by atoms with E-state index in [9.17, 15) is 5.11 Å². The molecule has 1 atom stereocenters. The molecule has 1 rings (SSSR count). The van der Waals surface area contributed by atoms with Gasteiger partial charge in [-0.2, -0.15) is 0 Å². The van der Waals surface area contributed by atoms with Crippen LogP contribution < -0.4 is 10.1 Å². The van der Waals surface area contributed by atoms with E-state index in [0.29, 0.717) is 0 Å². The number of rotatable bonds is 8. The molecule has 0 aliphatic heterocycles. The molecule has 20 heavy (non-hydrogen) atoms. The third-order valence-electron chi connectivity index (χ3n) is 3.93. The molecule has 0 saturated carbocycles. The standard InChI is InChI=1S/C17H29NO2/c1-13-10-14(2)16(15(3)11-13)20-9-7-6-8-17(4,12-19)18-5/h10-11,18-19H,6-9,12H2,1-5H3. The van der Waals surface area contributed by atoms with E-state index in [0.717, 1.165) is 31.6 Å². The Morgan fingerprint density at radius 3 is 2.25 bits per heavy atom. The Morgan fingerprint density at radius 2 is 1.75 bits per heavy atom. The molecule has 0 radical (unpaired) electrons. The van der Waals surface area contributed by atoms with E-state index in [1.807, 2.05) is 14.0 Å². The van der Waals surface area contributed by atoms with Crippen LogP contribution in [0.2, 0.25) is 0 Å². The number of aliphatic hydroxyl groups excluding tert-OH is 1. The van der Waals surface area contributed by atoms with Gasteiger partial charge in [-0.25, -0.2) is 0 Å². The molecule has 0 aliphatic carbocycles. The van der Waals surface area contributed by atoms with Gasteiger partial charge in [0.25, 0.3) is 0 Å². The average Bonchev–Trinajstić information content (AvgIpc) is 2.40. The summed E-state index contributed by atoms with van der Waals surface area (Å²) in [5, 5.41) is 12.5. The molecular formula is C17H29NO2. The zero-order chi connectivity index (χ0) is 15.2. The van der Waals surface area contributed by atoms with Crippen LogP contribution in [0.25, 0.3) is 0 Å². The fourth-order valence-electron chi connectivity index (χ4n) is 2.47. The van der Waals surface area contributed by atoms with Gasteiger partial charge in [0, 0.05) is 5.54 Å². The fraction of sp³-hybridized carbons (Fsp3) is 0.647. The molecule has 0 spiro atoms. The highest BCUT2D eigenvalue weighted by molar-refractivity contribution is 5.42. The number of aryl methyl sites for hydroxylation is 3. The Kier molecular flexibility index (Phi) is 6.50. The number of benzene rings is 1. The van der Waals surface area contributed by atoms with Crippen molar-refractivity contribution in [2.75, 3.05) is 20.3 Å². The molecule has 0 heterocycles. The van der Waals surface area contributed by atoms with Gasteiger partial charge in [-0.15, -0.1) is 0 Å². The predicted octanol–water partition coefficient (Wildman–Crippen LogP) is 3.13. The monoisotopic (exact) mass is 279 g/mol. The molecule has 0 aliphatic rings. The second kappa shape index (κ2) is 7.65. The van der Waals surface area contributed by atoms with E-state index < -0.39 is 0 Å². The van der Waals surface area contributed by atoms with E-state index in [2.05, 4.69) is 38.2 Å². The molecule has 1 unspecified atom stereocenters. The van der Waals surface area contributed by atoms with E-state index in [1.54, 1.807) is 0 Å². The highest BCUT2D eigenvalue weighted by Crippen LogP contribution is 2.25. The van der Waals surface area contributed by atoms with Gasteiger partial charge in [-0.05, 0) is 65.1 Å². The molecule has 0 aromatic heterocycles. The lowest BCUT2D eigenvalue weighted by atomic mass is 9.96. The summed E-state index contributed by atoms with van der Waals surface area (Å²) >= 11 is 0. The van der Waals surface area contributed by atoms with Crippen LogP contribution in [0.4, 0.5) is 0 Å². The number of likely N-dealkylation sites (N-methyl/N-ethyl adjacent to an activating group) is 1. The highest BCUT2D eigenvalue weighted by Gasteiger charge is 2.19. The number of unbranched alkanes of at least 4 members (excludes halogenated alkanes) is 1. The molecule has 3 nitrogen and oxygen atoms in total. The summed E-state index contributed by atoms with van der Waals surface area (Å²) in [5.74, 6) is 1.02. The van der Waals surface area contributed by atoms with E-state index >= 15 is 0 Å². The summed E-state index contributed by atoms with van der Waals surface area (Å²) in [4.78, 5) is 0. The first kappa shape index (κ1) is 17.0. The van der Waals surface area contributed by atoms with Crippen molar-refractivity contribution in [3.63, 3.8) is 0 Å². The quantitative estimate of drug-likeness (QED) is 0.718. The second-order valence-electron chi connectivity index (χ2n) is 6.00. The minimum Gasteiger partial charge on any atom is -0.493 e. The maximum Gasteiger partial charge on any atom is 0.125 e. The van der Waals surface area contributed by atoms with Crippen LogP contribution in [-0.4, -0.2) is 30.9 Å². The van der Waals surface area contributed by atoms with Gasteiger partial charge < -0.3 is 15.2 Å². The first-order valence-electron chi connectivity index (χ1n) is 7.42. The highest BCUT2D eigenvalue weighted by atomic mass is 16.5. The van der Waals surface area contributed by atoms with Crippen LogP contribution in [0.5, 0.6) is 5.75 Å². The minimum atomic E-state index is -0.171. The summed E-state index contributed by atoms with van der Waals surface area (Å²) in [6.07, 6.45) is 3.00. The summed E-state index contributed by atoms with van der Waals surface area (Å²) in [7, 11) is 1.89. The maximum atomic E-state index is 9.32. The van der Waals surface area contributed by atoms with Crippen molar-refractivity contribution < 1.29 is 9.84 Å². The van der Waals surface area contributed by atoms with E-state index in [1.165, 1.54) is 16.7 Å². The van der Waals surface area contributed by atoms with Crippen LogP contribution in [0.1, 0.15) is 42.9 Å². The largest absolute Gasteiger partial charge is 0.493 e. The molecule has 0 fully saturated rings. The third kappa shape index (κ3) is 4.80. The lowest BCUT2D eigenvalue weighted by Crippen LogP contribution is -2.43. The van der Waals surface area contributed by atoms with Gasteiger partial charge in [0.05, 0.1) is 13.2 Å². The summed E-state index contributed by atoms with van der Waals surface area (Å²) < 4.78 is 5.92. The zero-order valence-corrected chi connectivity index (χ0v) is 13.5. The van der Waals surface area contributed by atoms with Crippen molar-refractivity contribution in [2.45, 2.75) is 52.5 Å². The Balaban J connectivity index is 2.39. The van der Waals surface area contributed by atoms with Crippen LogP contribution in [0.3, 0.4) is 0 Å². The Bertz CT molecular complexity index is 402. The molecule has 3 heteroatoms. The summed E-state index contributed by atoms with van der Waals surface area (Å²) in [6, 6.07) is 4.32. The Labute approximate surface area is 123 Å². The van der Waals surface area contributed by atoms with E-state index in [-0.39, 0.29) is 12.1 Å². The molecule has 2 N–H and O–H groups in total. The average molecular weight is 279 g/mol. The van der Waals surface area contributed by atoms with Crippen LogP contribution >= 0.6 is 0 Å². The maximum absolute atomic E-state index is 9.32. The van der Waals surface area contributed by atoms with Gasteiger partial charge in [0.2, 0.25) is 0 Å². The smallest absolute Gasteiger partial charge is 0.125 e. The number of hydrogen-bond acceptors (Lipinski definition) is 3. The third-order valence-corrected chi connectivity index (χ3v) is 3.93. The zero-order valence-electron chi connectivity index (χ0n) is 13.5. The Hall–Kier alpha value is -1.06. The van der Waals surface area contributed by atoms with Gasteiger partial charge >= 0.3 is 0 Å². The number of hydrogen-bond donors (Lipinski definition) is 2. The normalized spacial score (nSPS) is 14.1. The van der Waals surface area contributed by atoms with Gasteiger partial charge in [0.15, 0.2) is 0 Å². The van der Waals surface area contributed by atoms with Crippen molar-refractivity contribution in [3.8, 4) is 5.75 Å². The molecule has 0 saturated heterocycles. The van der Waals surface area contributed by atoms with Crippen LogP contribution in [-0.2, 0) is 0 Å². The number of aliphatic hydroxyl groups is 1. The molecule has 0 bridgehead atoms. The lowest BCUT2D eigenvalue weighted by molar-refractivity contribution is 0.168. The topological polar surface area (TPSA) is 41.5 Å². The van der Waals surface area contributed by atoms with Crippen molar-refractivity contribution in [2.24, 2.45) is 0 Å². The molecule has 0 amide bonds. The second-order valence-corrected chi connectivity index (χ2v) is 6.00. The molecule has 1 aromatic rings. The number of nitrogens with one attached hydrogen (secondary N) is 1. The van der Waals surface area contributed by atoms with Crippen molar-refractivity contribution >= 4 is 0 Å². The molecule has 1 aromatic carbocycles. The van der Waals surface area contributed by atoms with Gasteiger partial charge in [-0.3, -0.25) is 0 Å². The Morgan fingerprint density at radius 1 is 1.15 bits per heavy atom. The van der Waals surface area contributed by atoms with Crippen LogP contribution in [0, 0.1) is 20.8 Å². The SMILES string of the molecule is CNC(C)(CO)CCCCOc1c(C)cc(C)cc1C. The predicted molar refractivity (Wildman–Crippen MR) is 84.5 cm³/mol. The molecular weight excluding hydrogens is 250 g/mol. The van der Waals surface area contributed by atoms with Crippen molar-refractivity contribution in [3.05, 3.63) is 28.8 Å². The first-order chi connectivity index (χ1) is 9.41. The van der Waals surface area contributed by atoms with E-state index in [4.69, 9.17) is 4.74 Å². The fourth-order valence-corrected chi connectivity index (χ4v) is 2.47. The van der Waals surface area contributed by atoms with Gasteiger partial charge in [-0.1, -0.05) is 17.7 Å². The van der Waals surface area contributed by atoms with Gasteiger partial charge in [0.1, 0.15) is 5.75 Å². The molecule has 114 valence electrons.